The van der Waals surface area contributed by atoms with E-state index in [1.165, 1.54) is 32.1 Å². The number of para-hydroxylation sites is 1. The molecule has 0 aromatic heterocycles. The van der Waals surface area contributed by atoms with Crippen molar-refractivity contribution in [2.75, 3.05) is 25.3 Å². The second-order valence-electron chi connectivity index (χ2n) is 8.63. The third-order valence-electron chi connectivity index (χ3n) is 5.90. The van der Waals surface area contributed by atoms with Gasteiger partial charge in [-0.05, 0) is 54.6 Å². The van der Waals surface area contributed by atoms with Crippen LogP contribution in [0.1, 0.15) is 26.3 Å². The summed E-state index contributed by atoms with van der Waals surface area (Å²) in [7, 11) is 3.01. The third kappa shape index (κ3) is 7.78. The maximum Gasteiger partial charge on any atom is 0.272 e. The lowest BCUT2D eigenvalue weighted by molar-refractivity contribution is -0.113. The minimum absolute atomic E-state index is 0.00244. The summed E-state index contributed by atoms with van der Waals surface area (Å²) in [6.45, 7) is 0. The normalized spacial score (nSPS) is 11.0. The van der Waals surface area contributed by atoms with Crippen LogP contribution < -0.4 is 20.1 Å². The van der Waals surface area contributed by atoms with Gasteiger partial charge in [-0.2, -0.15) is 0 Å². The van der Waals surface area contributed by atoms with Gasteiger partial charge in [0, 0.05) is 27.3 Å². The summed E-state index contributed by atoms with van der Waals surface area (Å²) in [6.07, 6.45) is 1.53. The molecule has 0 saturated carbocycles. The monoisotopic (exact) mass is 586 g/mol. The molecule has 208 valence electrons. The molecule has 0 aliphatic heterocycles. The Kier molecular flexibility index (Phi) is 10.2. The van der Waals surface area contributed by atoms with Crippen LogP contribution in [0.25, 0.3) is 6.08 Å². The maximum atomic E-state index is 13.5. The van der Waals surface area contributed by atoms with Gasteiger partial charge in [0.15, 0.2) is 17.3 Å². The van der Waals surface area contributed by atoms with E-state index < -0.39 is 11.8 Å². The number of carbonyl (C=O) groups excluding carboxylic acids is 3. The fraction of sp³-hybridized carbons (Fsp3) is 0.0938. The molecule has 0 saturated heterocycles. The van der Waals surface area contributed by atoms with Gasteiger partial charge < -0.3 is 20.1 Å². The number of nitrogens with one attached hydrogen (secondary N) is 2. The maximum absolute atomic E-state index is 13.5. The number of benzene rings is 4. The van der Waals surface area contributed by atoms with Crippen molar-refractivity contribution in [3.05, 3.63) is 124 Å². The summed E-state index contributed by atoms with van der Waals surface area (Å²) in [6, 6.07) is 27.8. The molecule has 0 radical (unpaired) electrons. The Morgan fingerprint density at radius 1 is 0.854 bits per heavy atom. The zero-order valence-electron chi connectivity index (χ0n) is 22.3. The predicted molar refractivity (Wildman–Crippen MR) is 163 cm³/mol. The summed E-state index contributed by atoms with van der Waals surface area (Å²) in [5, 5.41) is 5.97. The van der Waals surface area contributed by atoms with Crippen LogP contribution >= 0.6 is 23.4 Å². The zero-order chi connectivity index (χ0) is 29.2. The van der Waals surface area contributed by atoms with Gasteiger partial charge in [-0.15, -0.1) is 11.8 Å². The molecule has 0 aliphatic carbocycles. The lowest BCUT2D eigenvalue weighted by Crippen LogP contribution is -2.30. The molecule has 9 heteroatoms. The molecule has 0 atom stereocenters. The summed E-state index contributed by atoms with van der Waals surface area (Å²) in [4.78, 5) is 39.9. The highest BCUT2D eigenvalue weighted by atomic mass is 35.5. The van der Waals surface area contributed by atoms with Gasteiger partial charge in [0.1, 0.15) is 5.70 Å². The number of amides is 2. The van der Waals surface area contributed by atoms with Crippen molar-refractivity contribution in [1.82, 2.24) is 5.32 Å². The Bertz CT molecular complexity index is 1590. The van der Waals surface area contributed by atoms with Crippen LogP contribution in [0, 0.1) is 0 Å². The topological polar surface area (TPSA) is 93.7 Å². The van der Waals surface area contributed by atoms with Gasteiger partial charge in [-0.3, -0.25) is 14.4 Å². The predicted octanol–water partition coefficient (Wildman–Crippen LogP) is 6.74. The van der Waals surface area contributed by atoms with E-state index in [0.29, 0.717) is 38.9 Å². The van der Waals surface area contributed by atoms with Crippen LogP contribution in [0.2, 0.25) is 5.02 Å². The SMILES string of the molecule is COc1cccc(/C=C(\NC(=O)c2ccccc2)C(=O)Nc2cccc(SCC(=O)c3ccccc3Cl)c2)c1OC. The van der Waals surface area contributed by atoms with E-state index in [0.717, 1.165) is 4.90 Å². The average Bonchev–Trinajstić information content (AvgIpc) is 3.00. The van der Waals surface area contributed by atoms with Crippen molar-refractivity contribution in [3.8, 4) is 11.5 Å². The highest BCUT2D eigenvalue weighted by molar-refractivity contribution is 8.00. The van der Waals surface area contributed by atoms with E-state index in [2.05, 4.69) is 10.6 Å². The van der Waals surface area contributed by atoms with Crippen molar-refractivity contribution in [2.24, 2.45) is 0 Å². The van der Waals surface area contributed by atoms with E-state index >= 15 is 0 Å². The van der Waals surface area contributed by atoms with Crippen molar-refractivity contribution in [3.63, 3.8) is 0 Å². The molecule has 0 spiro atoms. The number of Topliss-reactive ketones (excluding diaryl/α,β-unsaturated/α-hetero) is 1. The molecular formula is C32H27ClN2O5S. The number of ether oxygens (including phenoxy) is 2. The number of carbonyl (C=O) groups is 3. The van der Waals surface area contributed by atoms with Crippen molar-refractivity contribution in [1.29, 1.82) is 0 Å². The lowest BCUT2D eigenvalue weighted by atomic mass is 10.1. The average molecular weight is 587 g/mol. The first kappa shape index (κ1) is 29.5. The van der Waals surface area contributed by atoms with Crippen LogP contribution in [-0.2, 0) is 4.79 Å². The Morgan fingerprint density at radius 2 is 1.59 bits per heavy atom. The first-order valence-corrected chi connectivity index (χ1v) is 13.9. The molecule has 41 heavy (non-hydrogen) atoms. The number of thioether (sulfide) groups is 1. The molecule has 0 unspecified atom stereocenters. The van der Waals surface area contributed by atoms with Gasteiger partial charge in [0.2, 0.25) is 0 Å². The smallest absolute Gasteiger partial charge is 0.272 e. The second-order valence-corrected chi connectivity index (χ2v) is 10.1. The summed E-state index contributed by atoms with van der Waals surface area (Å²) >= 11 is 7.48. The van der Waals surface area contributed by atoms with E-state index in [1.807, 2.05) is 6.07 Å². The quantitative estimate of drug-likeness (QED) is 0.115. The van der Waals surface area contributed by atoms with Crippen LogP contribution in [0.3, 0.4) is 0 Å². The Labute approximate surface area is 247 Å². The van der Waals surface area contributed by atoms with Crippen molar-refractivity contribution >= 4 is 52.7 Å². The highest BCUT2D eigenvalue weighted by Crippen LogP contribution is 2.32. The standard InChI is InChI=1S/C32H27ClN2O5S/c1-39-29-17-8-12-22(30(29)40-2)18-27(35-31(37)21-10-4-3-5-11-21)32(38)34-23-13-9-14-24(19-23)41-20-28(36)25-15-6-7-16-26(25)33/h3-19H,20H2,1-2H3,(H,34,38)(H,35,37)/b27-18-. The Morgan fingerprint density at radius 3 is 2.32 bits per heavy atom. The second kappa shape index (κ2) is 14.2. The van der Waals surface area contributed by atoms with E-state index in [-0.39, 0.29) is 17.2 Å². The molecular weight excluding hydrogens is 560 g/mol. The van der Waals surface area contributed by atoms with Crippen LogP contribution in [0.5, 0.6) is 11.5 Å². The molecule has 0 heterocycles. The summed E-state index contributed by atoms with van der Waals surface area (Å²) in [5.74, 6) is -0.0298. The first-order chi connectivity index (χ1) is 19.9. The van der Waals surface area contributed by atoms with E-state index in [9.17, 15) is 14.4 Å². The number of rotatable bonds is 11. The van der Waals surface area contributed by atoms with Gasteiger partial charge in [0.05, 0.1) is 25.0 Å². The largest absolute Gasteiger partial charge is 0.493 e. The van der Waals surface area contributed by atoms with Gasteiger partial charge in [-0.1, -0.05) is 60.1 Å². The lowest BCUT2D eigenvalue weighted by Gasteiger charge is -2.14. The van der Waals surface area contributed by atoms with E-state index in [1.54, 1.807) is 91.0 Å². The van der Waals surface area contributed by atoms with Crippen molar-refractivity contribution < 1.29 is 23.9 Å². The third-order valence-corrected chi connectivity index (χ3v) is 7.22. The summed E-state index contributed by atoms with van der Waals surface area (Å²) < 4.78 is 10.9. The first-order valence-electron chi connectivity index (χ1n) is 12.5. The molecule has 0 bridgehead atoms. The molecule has 0 fully saturated rings. The molecule has 0 aliphatic rings. The Balaban J connectivity index is 1.56. The highest BCUT2D eigenvalue weighted by Gasteiger charge is 2.18. The molecule has 7 nitrogen and oxygen atoms in total. The molecule has 2 amide bonds. The number of ketones is 1. The molecule has 4 aromatic carbocycles. The van der Waals surface area contributed by atoms with Gasteiger partial charge >= 0.3 is 0 Å². The minimum Gasteiger partial charge on any atom is -0.493 e. The zero-order valence-corrected chi connectivity index (χ0v) is 23.9. The fourth-order valence-corrected chi connectivity index (χ4v) is 4.98. The number of hydrogen-bond donors (Lipinski definition) is 2. The van der Waals surface area contributed by atoms with E-state index in [4.69, 9.17) is 21.1 Å². The fourth-order valence-electron chi connectivity index (χ4n) is 3.90. The van der Waals surface area contributed by atoms with Gasteiger partial charge in [0.25, 0.3) is 11.8 Å². The Hall–Kier alpha value is -4.53. The molecule has 4 rings (SSSR count). The summed E-state index contributed by atoms with van der Waals surface area (Å²) in [5.41, 5.74) is 1.88. The molecule has 4 aromatic rings. The van der Waals surface area contributed by atoms with Crippen LogP contribution in [-0.4, -0.2) is 37.6 Å². The molecule has 2 N–H and O–H groups in total. The number of methoxy groups -OCH3 is 2. The number of anilines is 1. The van der Waals surface area contributed by atoms with Crippen molar-refractivity contribution in [2.45, 2.75) is 4.90 Å². The van der Waals surface area contributed by atoms with Crippen LogP contribution in [0.4, 0.5) is 5.69 Å². The number of hydrogen-bond acceptors (Lipinski definition) is 6. The number of halogens is 1. The minimum atomic E-state index is -0.548. The van der Waals surface area contributed by atoms with Crippen LogP contribution in [0.15, 0.2) is 108 Å². The van der Waals surface area contributed by atoms with Gasteiger partial charge in [-0.25, -0.2) is 0 Å².